The zero-order chi connectivity index (χ0) is 20.5. The van der Waals surface area contributed by atoms with Crippen LogP contribution in [0, 0.1) is 0 Å². The Hall–Kier alpha value is -3.36. The Morgan fingerprint density at radius 3 is 2.90 bits per heavy atom. The van der Waals surface area contributed by atoms with Gasteiger partial charge in [0.15, 0.2) is 0 Å². The summed E-state index contributed by atoms with van der Waals surface area (Å²) >= 11 is 0. The summed E-state index contributed by atoms with van der Waals surface area (Å²) in [5.74, 6) is 0.505. The molecule has 30 heavy (non-hydrogen) atoms. The van der Waals surface area contributed by atoms with Crippen LogP contribution in [0.2, 0.25) is 0 Å². The number of nitrogens with zero attached hydrogens (tertiary/aromatic N) is 4. The molecule has 1 saturated heterocycles. The largest absolute Gasteiger partial charge is 0.496 e. The van der Waals surface area contributed by atoms with E-state index >= 15 is 0 Å². The number of benzene rings is 1. The van der Waals surface area contributed by atoms with Crippen LogP contribution in [-0.4, -0.2) is 59.2 Å². The minimum absolute atomic E-state index is 0.240. The van der Waals surface area contributed by atoms with Crippen molar-refractivity contribution in [2.75, 3.05) is 38.7 Å². The molecule has 152 valence electrons. The minimum atomic E-state index is -0.240. The van der Waals surface area contributed by atoms with E-state index in [0.717, 1.165) is 55.1 Å². The first-order valence-electron chi connectivity index (χ1n) is 9.83. The Morgan fingerprint density at radius 1 is 1.20 bits per heavy atom. The van der Waals surface area contributed by atoms with Crippen molar-refractivity contribution in [2.24, 2.45) is 0 Å². The van der Waals surface area contributed by atoms with E-state index in [4.69, 9.17) is 9.47 Å². The number of hydrogen-bond acceptors (Lipinski definition) is 7. The number of nitrogens with one attached hydrogen (secondary N) is 1. The summed E-state index contributed by atoms with van der Waals surface area (Å²) in [4.78, 5) is 28.2. The van der Waals surface area contributed by atoms with Gasteiger partial charge in [-0.15, -0.1) is 0 Å². The Morgan fingerprint density at radius 2 is 2.07 bits per heavy atom. The summed E-state index contributed by atoms with van der Waals surface area (Å²) in [6.45, 7) is 4.08. The zero-order valence-corrected chi connectivity index (χ0v) is 16.6. The van der Waals surface area contributed by atoms with E-state index in [1.54, 1.807) is 19.4 Å². The van der Waals surface area contributed by atoms with Gasteiger partial charge in [-0.25, -0.2) is 9.97 Å². The number of morpholine rings is 1. The number of ether oxygens (including phenoxy) is 2. The van der Waals surface area contributed by atoms with Crippen molar-refractivity contribution in [1.29, 1.82) is 0 Å². The van der Waals surface area contributed by atoms with E-state index in [1.165, 1.54) is 6.33 Å². The van der Waals surface area contributed by atoms with Gasteiger partial charge < -0.3 is 14.8 Å². The molecule has 8 heteroatoms. The average molecular weight is 403 g/mol. The molecule has 0 radical (unpaired) electrons. The Kier molecular flexibility index (Phi) is 4.86. The van der Waals surface area contributed by atoms with Gasteiger partial charge in [-0.05, 0) is 18.2 Å². The van der Waals surface area contributed by atoms with Gasteiger partial charge in [0.2, 0.25) is 0 Å². The lowest BCUT2D eigenvalue weighted by Gasteiger charge is -2.27. The lowest BCUT2D eigenvalue weighted by atomic mass is 10.1. The van der Waals surface area contributed by atoms with Gasteiger partial charge in [-0.1, -0.05) is 6.07 Å². The predicted molar refractivity (Wildman–Crippen MR) is 113 cm³/mol. The summed E-state index contributed by atoms with van der Waals surface area (Å²) in [6, 6.07) is 7.56. The molecule has 0 bridgehead atoms. The van der Waals surface area contributed by atoms with E-state index in [9.17, 15) is 4.79 Å². The second-order valence-corrected chi connectivity index (χ2v) is 7.24. The highest BCUT2D eigenvalue weighted by Crippen LogP contribution is 2.34. The third kappa shape index (κ3) is 3.40. The van der Waals surface area contributed by atoms with E-state index in [0.29, 0.717) is 22.6 Å². The van der Waals surface area contributed by atoms with Crippen LogP contribution in [0.15, 0.2) is 36.8 Å². The second-order valence-electron chi connectivity index (χ2n) is 7.24. The third-order valence-electron chi connectivity index (χ3n) is 5.40. The normalized spacial score (nSPS) is 15.8. The number of pyridine rings is 1. The van der Waals surface area contributed by atoms with Gasteiger partial charge in [-0.3, -0.25) is 14.7 Å². The van der Waals surface area contributed by atoms with Crippen LogP contribution in [0.25, 0.3) is 22.6 Å². The van der Waals surface area contributed by atoms with Crippen molar-refractivity contribution in [2.45, 2.75) is 6.54 Å². The number of carbonyl (C=O) groups excluding carboxylic acids is 1. The fraction of sp³-hybridized carbons (Fsp3) is 0.273. The summed E-state index contributed by atoms with van der Waals surface area (Å²) in [7, 11) is 1.64. The number of rotatable bonds is 5. The molecule has 3 heterocycles. The first-order valence-corrected chi connectivity index (χ1v) is 9.83. The molecule has 2 aromatic heterocycles. The summed E-state index contributed by atoms with van der Waals surface area (Å²) in [6.07, 6.45) is 4.91. The van der Waals surface area contributed by atoms with Crippen LogP contribution in [0.5, 0.6) is 5.75 Å². The van der Waals surface area contributed by atoms with Gasteiger partial charge >= 0.3 is 0 Å². The highest BCUT2D eigenvalue weighted by molar-refractivity contribution is 6.33. The fourth-order valence-electron chi connectivity index (χ4n) is 3.87. The number of hydrogen-bond donors (Lipinski definition) is 1. The standard InChI is InChI=1S/C22H21N5O3/c1-29-19-10-15(3-2-14(19)12-27-6-8-30-9-7-27)26-22(28)16-11-18-20-17(4-5-23-18)24-13-25-21(16)20/h2-5,10-11,13H,6-9,12H2,1H3,(H,26,28). The molecule has 5 rings (SSSR count). The molecule has 2 aliphatic rings. The molecule has 1 aliphatic carbocycles. The minimum Gasteiger partial charge on any atom is -0.496 e. The number of carbonyl (C=O) groups is 1. The maximum absolute atomic E-state index is 13.0. The van der Waals surface area contributed by atoms with Crippen LogP contribution in [0.4, 0.5) is 5.69 Å². The van der Waals surface area contributed by atoms with Gasteiger partial charge in [-0.2, -0.15) is 0 Å². The summed E-state index contributed by atoms with van der Waals surface area (Å²) in [5, 5.41) is 3.77. The molecule has 0 spiro atoms. The summed E-state index contributed by atoms with van der Waals surface area (Å²) < 4.78 is 11.0. The molecule has 1 aliphatic heterocycles. The van der Waals surface area contributed by atoms with Crippen LogP contribution in [-0.2, 0) is 16.1 Å². The zero-order valence-electron chi connectivity index (χ0n) is 16.6. The van der Waals surface area contributed by atoms with Crippen molar-refractivity contribution >= 4 is 34.1 Å². The molecule has 0 unspecified atom stereocenters. The summed E-state index contributed by atoms with van der Waals surface area (Å²) in [5.41, 5.74) is 4.32. The van der Waals surface area contributed by atoms with Gasteiger partial charge in [0.05, 0.1) is 48.2 Å². The topological polar surface area (TPSA) is 89.5 Å². The SMILES string of the molecule is COc1cc(NC(=O)C2=Cc3nccc4ncnc2c34)ccc1CN1CCOCC1. The number of aromatic nitrogens is 3. The molecular formula is C22H21N5O3. The quantitative estimate of drug-likeness (QED) is 0.699. The number of anilines is 1. The van der Waals surface area contributed by atoms with E-state index in [1.807, 2.05) is 24.3 Å². The molecule has 3 aromatic rings. The maximum atomic E-state index is 13.0. The highest BCUT2D eigenvalue weighted by atomic mass is 16.5. The first kappa shape index (κ1) is 18.7. The molecule has 0 atom stereocenters. The van der Waals surface area contributed by atoms with Crippen LogP contribution >= 0.6 is 0 Å². The van der Waals surface area contributed by atoms with Crippen LogP contribution in [0.3, 0.4) is 0 Å². The monoisotopic (exact) mass is 403 g/mol. The predicted octanol–water partition coefficient (Wildman–Crippen LogP) is 2.36. The Balaban J connectivity index is 1.36. The molecule has 1 amide bonds. The first-order chi connectivity index (χ1) is 14.7. The maximum Gasteiger partial charge on any atom is 0.257 e. The molecule has 1 aromatic carbocycles. The smallest absolute Gasteiger partial charge is 0.257 e. The molecule has 1 N–H and O–H groups in total. The fourth-order valence-corrected chi connectivity index (χ4v) is 3.87. The average Bonchev–Trinajstić information content (AvgIpc) is 3.16. The second kappa shape index (κ2) is 7.81. The molecule has 0 saturated carbocycles. The molecular weight excluding hydrogens is 382 g/mol. The number of methoxy groups -OCH3 is 1. The van der Waals surface area contributed by atoms with Gasteiger partial charge in [0.1, 0.15) is 12.1 Å². The highest BCUT2D eigenvalue weighted by Gasteiger charge is 2.25. The molecule has 8 nitrogen and oxygen atoms in total. The van der Waals surface area contributed by atoms with Crippen molar-refractivity contribution in [3.05, 3.63) is 53.7 Å². The van der Waals surface area contributed by atoms with E-state index < -0.39 is 0 Å². The Bertz CT molecular complexity index is 1150. The third-order valence-corrected chi connectivity index (χ3v) is 5.40. The van der Waals surface area contributed by atoms with Crippen LogP contribution in [0.1, 0.15) is 17.0 Å². The van der Waals surface area contributed by atoms with Crippen molar-refractivity contribution in [3.8, 4) is 5.75 Å². The van der Waals surface area contributed by atoms with E-state index in [2.05, 4.69) is 25.2 Å². The van der Waals surface area contributed by atoms with Crippen LogP contribution < -0.4 is 10.1 Å². The van der Waals surface area contributed by atoms with Gasteiger partial charge in [0.25, 0.3) is 5.91 Å². The van der Waals surface area contributed by atoms with Gasteiger partial charge in [0, 0.05) is 43.1 Å². The number of amides is 1. The van der Waals surface area contributed by atoms with Crippen molar-refractivity contribution in [1.82, 2.24) is 19.9 Å². The molecule has 1 fully saturated rings. The lowest BCUT2D eigenvalue weighted by molar-refractivity contribution is -0.111. The van der Waals surface area contributed by atoms with E-state index in [-0.39, 0.29) is 5.91 Å². The Labute approximate surface area is 173 Å². The lowest BCUT2D eigenvalue weighted by Crippen LogP contribution is -2.35. The van der Waals surface area contributed by atoms with Crippen molar-refractivity contribution < 1.29 is 14.3 Å². The van der Waals surface area contributed by atoms with Crippen molar-refractivity contribution in [3.63, 3.8) is 0 Å².